The molecule has 21 heavy (non-hydrogen) atoms. The molecule has 118 valence electrons. The minimum atomic E-state index is -3.35. The average molecular weight is 314 g/mol. The second-order valence-electron chi connectivity index (χ2n) is 6.36. The molecule has 7 heteroatoms. The molecule has 0 aliphatic heterocycles. The van der Waals surface area contributed by atoms with Crippen LogP contribution in [0.2, 0.25) is 0 Å². The zero-order valence-corrected chi connectivity index (χ0v) is 14.1. The Hall–Kier alpha value is -0.970. The lowest BCUT2D eigenvalue weighted by molar-refractivity contribution is 0.101. The van der Waals surface area contributed by atoms with Gasteiger partial charge in [-0.15, -0.1) is 0 Å². The fourth-order valence-corrected chi connectivity index (χ4v) is 3.25. The second kappa shape index (κ2) is 5.67. The van der Waals surface area contributed by atoms with Crippen LogP contribution in [0.4, 0.5) is 0 Å². The Kier molecular flexibility index (Phi) is 4.43. The van der Waals surface area contributed by atoms with Crippen molar-refractivity contribution in [3.63, 3.8) is 0 Å². The third-order valence-electron chi connectivity index (χ3n) is 3.60. The normalized spacial score (nSPS) is 16.2. The number of carbonyl (C=O) groups excluding carboxylic acids is 1. The number of nitrogens with zero attached hydrogens (tertiary/aromatic N) is 2. The molecule has 1 aliphatic carbocycles. The van der Waals surface area contributed by atoms with E-state index in [1.165, 1.54) is 14.2 Å². The quantitative estimate of drug-likeness (QED) is 0.596. The third kappa shape index (κ3) is 3.44. The van der Waals surface area contributed by atoms with Gasteiger partial charge in [0.05, 0.1) is 23.0 Å². The molecule has 0 N–H and O–H groups in total. The zero-order valence-electron chi connectivity index (χ0n) is 13.3. The van der Waals surface area contributed by atoms with E-state index >= 15 is 0 Å². The Balaban J connectivity index is 2.34. The number of ketones is 1. The fraction of sp³-hybridized carbons (Fsp3) is 0.714. The van der Waals surface area contributed by atoms with Gasteiger partial charge in [-0.25, -0.2) is 0 Å². The first-order valence-corrected chi connectivity index (χ1v) is 8.77. The Labute approximate surface area is 125 Å². The summed E-state index contributed by atoms with van der Waals surface area (Å²) in [4.78, 5) is 12.5. The molecule has 1 aromatic heterocycles. The highest BCUT2D eigenvalue weighted by atomic mass is 31.2. The number of carbonyl (C=O) groups is 1. The molecule has 6 nitrogen and oxygen atoms in total. The minimum absolute atomic E-state index is 0.192. The number of aromatic nitrogens is 2. The van der Waals surface area contributed by atoms with Gasteiger partial charge in [-0.2, -0.15) is 5.10 Å². The van der Waals surface area contributed by atoms with E-state index in [-0.39, 0.29) is 17.5 Å². The summed E-state index contributed by atoms with van der Waals surface area (Å²) in [6.45, 7) is 6.15. The van der Waals surface area contributed by atoms with Crippen molar-refractivity contribution in [1.29, 1.82) is 0 Å². The lowest BCUT2D eigenvalue weighted by Gasteiger charge is -2.23. The summed E-state index contributed by atoms with van der Waals surface area (Å²) < 4.78 is 23.8. The van der Waals surface area contributed by atoms with Crippen LogP contribution < -0.4 is 0 Å². The van der Waals surface area contributed by atoms with Crippen LogP contribution in [0.5, 0.6) is 0 Å². The number of rotatable bonds is 6. The maximum atomic E-state index is 12.5. The van der Waals surface area contributed by atoms with E-state index < -0.39 is 7.60 Å². The Morgan fingerprint density at radius 3 is 2.38 bits per heavy atom. The second-order valence-corrected chi connectivity index (χ2v) is 8.63. The highest BCUT2D eigenvalue weighted by Gasteiger charge is 2.37. The third-order valence-corrected chi connectivity index (χ3v) is 5.39. The molecule has 0 spiro atoms. The molecule has 0 aromatic carbocycles. The highest BCUT2D eigenvalue weighted by molar-refractivity contribution is 7.54. The molecule has 1 fully saturated rings. The molecule has 0 saturated heterocycles. The van der Waals surface area contributed by atoms with E-state index in [4.69, 9.17) is 9.05 Å². The van der Waals surface area contributed by atoms with Crippen LogP contribution in [0.1, 0.15) is 55.6 Å². The average Bonchev–Trinajstić information content (AvgIpc) is 3.14. The molecule has 1 saturated carbocycles. The first-order valence-electron chi connectivity index (χ1n) is 7.04. The van der Waals surface area contributed by atoms with Crippen LogP contribution in [0, 0.1) is 0 Å². The van der Waals surface area contributed by atoms with Crippen LogP contribution >= 0.6 is 7.60 Å². The predicted molar refractivity (Wildman–Crippen MR) is 80.0 cm³/mol. The van der Waals surface area contributed by atoms with Gasteiger partial charge in [-0.05, 0) is 33.6 Å². The predicted octanol–water partition coefficient (Wildman–Crippen LogP) is 3.18. The molecule has 0 unspecified atom stereocenters. The van der Waals surface area contributed by atoms with Gasteiger partial charge in [0.2, 0.25) is 0 Å². The van der Waals surface area contributed by atoms with Gasteiger partial charge in [-0.1, -0.05) is 0 Å². The number of Topliss-reactive ketones (excluding diaryl/α,β-unsaturated/α-hetero) is 1. The molecule has 0 bridgehead atoms. The Bertz CT molecular complexity index is 576. The van der Waals surface area contributed by atoms with Gasteiger partial charge >= 0.3 is 7.60 Å². The summed E-state index contributed by atoms with van der Waals surface area (Å²) >= 11 is 0. The molecule has 1 aliphatic rings. The summed E-state index contributed by atoms with van der Waals surface area (Å²) in [5, 5.41) is 4.38. The van der Waals surface area contributed by atoms with Crippen molar-refractivity contribution in [1.82, 2.24) is 9.78 Å². The SMILES string of the molecule is COP(=O)(CC(=O)c1cnn(C(C)(C)C)c1C1CC1)OC. The lowest BCUT2D eigenvalue weighted by Crippen LogP contribution is -2.25. The van der Waals surface area contributed by atoms with E-state index in [1.807, 2.05) is 4.68 Å². The summed E-state index contributed by atoms with van der Waals surface area (Å²) in [6.07, 6.45) is 3.45. The van der Waals surface area contributed by atoms with Crippen molar-refractivity contribution in [2.24, 2.45) is 0 Å². The molecular weight excluding hydrogens is 291 g/mol. The summed E-state index contributed by atoms with van der Waals surface area (Å²) in [5.74, 6) is 0.134. The van der Waals surface area contributed by atoms with Crippen molar-refractivity contribution >= 4 is 13.4 Å². The zero-order chi connectivity index (χ0) is 15.8. The molecular formula is C14H23N2O4P. The van der Waals surface area contributed by atoms with Gasteiger partial charge in [-0.3, -0.25) is 14.0 Å². The van der Waals surface area contributed by atoms with Crippen LogP contribution in [-0.4, -0.2) is 35.9 Å². The maximum absolute atomic E-state index is 12.5. The summed E-state index contributed by atoms with van der Waals surface area (Å²) in [6, 6.07) is 0. The van der Waals surface area contributed by atoms with Gasteiger partial charge < -0.3 is 9.05 Å². The first kappa shape index (κ1) is 16.4. The van der Waals surface area contributed by atoms with Gasteiger partial charge in [0.25, 0.3) is 0 Å². The van der Waals surface area contributed by atoms with Crippen LogP contribution in [0.3, 0.4) is 0 Å². The molecule has 0 radical (unpaired) electrons. The summed E-state index contributed by atoms with van der Waals surface area (Å²) in [5.41, 5.74) is 1.30. The standard InChI is InChI=1S/C14H23N2O4P/c1-14(2,3)16-13(10-6-7-10)11(8-15-16)12(17)9-21(18,19-4)20-5/h8,10H,6-7,9H2,1-5H3. The van der Waals surface area contributed by atoms with Crippen LogP contribution in [0.15, 0.2) is 6.20 Å². The topological polar surface area (TPSA) is 70.4 Å². The molecule has 1 heterocycles. The lowest BCUT2D eigenvalue weighted by atomic mass is 10.1. The van der Waals surface area contributed by atoms with Crippen molar-refractivity contribution in [3.8, 4) is 0 Å². The number of hydrogen-bond acceptors (Lipinski definition) is 5. The maximum Gasteiger partial charge on any atom is 0.337 e. The Morgan fingerprint density at radius 1 is 1.38 bits per heavy atom. The van der Waals surface area contributed by atoms with Gasteiger partial charge in [0.15, 0.2) is 5.78 Å². The molecule has 0 atom stereocenters. The van der Waals surface area contributed by atoms with Crippen molar-refractivity contribution in [2.75, 3.05) is 20.4 Å². The molecule has 0 amide bonds. The van der Waals surface area contributed by atoms with E-state index in [0.29, 0.717) is 11.5 Å². The van der Waals surface area contributed by atoms with Crippen molar-refractivity contribution in [2.45, 2.75) is 45.1 Å². The van der Waals surface area contributed by atoms with Gasteiger partial charge in [0.1, 0.15) is 6.16 Å². The molecule has 1 aromatic rings. The minimum Gasteiger partial charge on any atom is -0.312 e. The van der Waals surface area contributed by atoms with E-state index in [2.05, 4.69) is 25.9 Å². The van der Waals surface area contributed by atoms with Gasteiger partial charge in [0, 0.05) is 20.1 Å². The van der Waals surface area contributed by atoms with E-state index in [1.54, 1.807) is 6.20 Å². The van der Waals surface area contributed by atoms with E-state index in [0.717, 1.165) is 18.5 Å². The van der Waals surface area contributed by atoms with Crippen molar-refractivity contribution in [3.05, 3.63) is 17.5 Å². The Morgan fingerprint density at radius 2 is 1.95 bits per heavy atom. The highest BCUT2D eigenvalue weighted by Crippen LogP contribution is 2.48. The van der Waals surface area contributed by atoms with E-state index in [9.17, 15) is 9.36 Å². The largest absolute Gasteiger partial charge is 0.337 e. The van der Waals surface area contributed by atoms with Crippen LogP contribution in [-0.2, 0) is 19.2 Å². The summed E-state index contributed by atoms with van der Waals surface area (Å²) in [7, 11) is -0.771. The first-order chi connectivity index (χ1) is 9.72. The van der Waals surface area contributed by atoms with Crippen LogP contribution in [0.25, 0.3) is 0 Å². The number of hydrogen-bond donors (Lipinski definition) is 0. The fourth-order valence-electron chi connectivity index (χ4n) is 2.32. The molecule has 2 rings (SSSR count). The van der Waals surface area contributed by atoms with Crippen molar-refractivity contribution < 1.29 is 18.4 Å². The smallest absolute Gasteiger partial charge is 0.312 e. The monoisotopic (exact) mass is 314 g/mol.